The molecule has 0 amide bonds. The molecule has 1 heterocycles. The fraction of sp³-hybridized carbons (Fsp3) is 0.778. The Hall–Kier alpha value is -1.07. The van der Waals surface area contributed by atoms with Crippen LogP contribution in [-0.2, 0) is 6.18 Å². The normalized spacial score (nSPS) is 34.2. The van der Waals surface area contributed by atoms with E-state index in [0.717, 1.165) is 12.8 Å². The quantitative estimate of drug-likeness (QED) is 0.727. The molecule has 1 unspecified atom stereocenters. The third kappa shape index (κ3) is 1.34. The van der Waals surface area contributed by atoms with Gasteiger partial charge >= 0.3 is 12.1 Å². The molecule has 0 N–H and O–H groups in total. The summed E-state index contributed by atoms with van der Waals surface area (Å²) in [6, 6.07) is 0. The summed E-state index contributed by atoms with van der Waals surface area (Å²) in [5, 5.41) is 6.52. The first-order valence-electron chi connectivity index (χ1n) is 4.98. The molecule has 82 valence electrons. The topological polar surface area (TPSA) is 38.9 Å². The van der Waals surface area contributed by atoms with E-state index in [1.807, 2.05) is 0 Å². The van der Waals surface area contributed by atoms with Gasteiger partial charge in [-0.15, -0.1) is 10.2 Å². The zero-order valence-corrected chi connectivity index (χ0v) is 7.79. The molecule has 3 nitrogen and oxygen atoms in total. The fourth-order valence-corrected chi connectivity index (χ4v) is 2.67. The van der Waals surface area contributed by atoms with Crippen LogP contribution in [0.15, 0.2) is 4.42 Å². The summed E-state index contributed by atoms with van der Waals surface area (Å²) >= 11 is 0. The van der Waals surface area contributed by atoms with Crippen molar-refractivity contribution in [1.29, 1.82) is 0 Å². The van der Waals surface area contributed by atoms with Gasteiger partial charge in [-0.25, -0.2) is 0 Å². The van der Waals surface area contributed by atoms with Crippen molar-refractivity contribution >= 4 is 0 Å². The van der Waals surface area contributed by atoms with Crippen LogP contribution in [0.2, 0.25) is 0 Å². The van der Waals surface area contributed by atoms with Crippen molar-refractivity contribution in [2.45, 2.75) is 31.4 Å². The second kappa shape index (κ2) is 2.74. The van der Waals surface area contributed by atoms with Crippen LogP contribution in [0.25, 0.3) is 0 Å². The molecule has 0 aliphatic heterocycles. The third-order valence-electron chi connectivity index (χ3n) is 3.37. The highest BCUT2D eigenvalue weighted by molar-refractivity contribution is 5.15. The minimum atomic E-state index is -4.52. The highest BCUT2D eigenvalue weighted by Gasteiger charge is 2.56. The summed E-state index contributed by atoms with van der Waals surface area (Å²) in [5.41, 5.74) is 0. The van der Waals surface area contributed by atoms with Gasteiger partial charge in [-0.2, -0.15) is 13.2 Å². The minimum Gasteiger partial charge on any atom is -0.417 e. The van der Waals surface area contributed by atoms with Gasteiger partial charge in [0.1, 0.15) is 0 Å². The predicted molar refractivity (Wildman–Crippen MR) is 42.9 cm³/mol. The number of fused-ring (bicyclic) bond motifs is 1. The summed E-state index contributed by atoms with van der Waals surface area (Å²) in [4.78, 5) is 0. The van der Waals surface area contributed by atoms with Crippen LogP contribution < -0.4 is 0 Å². The van der Waals surface area contributed by atoms with Gasteiger partial charge in [0, 0.05) is 5.92 Å². The van der Waals surface area contributed by atoms with Gasteiger partial charge in [0.05, 0.1) is 0 Å². The van der Waals surface area contributed by atoms with Crippen LogP contribution in [-0.4, -0.2) is 10.2 Å². The lowest BCUT2D eigenvalue weighted by Crippen LogP contribution is -2.04. The lowest BCUT2D eigenvalue weighted by Gasteiger charge is -1.98. The first-order chi connectivity index (χ1) is 7.07. The maximum Gasteiger partial charge on any atom is 0.470 e. The van der Waals surface area contributed by atoms with E-state index in [9.17, 15) is 13.2 Å². The van der Waals surface area contributed by atoms with Gasteiger partial charge in [0.2, 0.25) is 5.89 Å². The van der Waals surface area contributed by atoms with Crippen molar-refractivity contribution in [3.63, 3.8) is 0 Å². The van der Waals surface area contributed by atoms with E-state index in [4.69, 9.17) is 0 Å². The van der Waals surface area contributed by atoms with E-state index in [-0.39, 0.29) is 11.8 Å². The summed E-state index contributed by atoms with van der Waals surface area (Å²) in [6.45, 7) is 0. The summed E-state index contributed by atoms with van der Waals surface area (Å²) < 4.78 is 41.2. The second-order valence-corrected chi connectivity index (χ2v) is 4.23. The van der Waals surface area contributed by atoms with Crippen LogP contribution in [0.3, 0.4) is 0 Å². The molecule has 2 aliphatic carbocycles. The Morgan fingerprint density at radius 2 is 1.80 bits per heavy atom. The first kappa shape index (κ1) is 9.18. The highest BCUT2D eigenvalue weighted by atomic mass is 19.4. The van der Waals surface area contributed by atoms with Crippen LogP contribution in [0.4, 0.5) is 13.2 Å². The van der Waals surface area contributed by atoms with E-state index in [0.29, 0.717) is 11.8 Å². The molecule has 0 saturated heterocycles. The summed E-state index contributed by atoms with van der Waals surface area (Å²) in [6.07, 6.45) is -1.18. The molecule has 2 saturated carbocycles. The number of halogens is 3. The standard InChI is InChI=1S/C9H9F3N2O/c10-9(11,12)8-14-13-7(15-8)6-4-2-1-3-5(4)6/h4-6H,1-3H2/t4-,5+,6?. The van der Waals surface area contributed by atoms with E-state index >= 15 is 0 Å². The van der Waals surface area contributed by atoms with E-state index < -0.39 is 12.1 Å². The van der Waals surface area contributed by atoms with Gasteiger partial charge in [-0.05, 0) is 24.7 Å². The Balaban J connectivity index is 1.81. The molecule has 2 aliphatic rings. The first-order valence-corrected chi connectivity index (χ1v) is 4.98. The smallest absolute Gasteiger partial charge is 0.417 e. The largest absolute Gasteiger partial charge is 0.470 e. The molecule has 2 fully saturated rings. The Kier molecular flexibility index (Phi) is 1.67. The number of hydrogen-bond acceptors (Lipinski definition) is 3. The maximum atomic E-state index is 12.2. The molecule has 0 spiro atoms. The molecular weight excluding hydrogens is 209 g/mol. The molecule has 15 heavy (non-hydrogen) atoms. The summed E-state index contributed by atoms with van der Waals surface area (Å²) in [7, 11) is 0. The van der Waals surface area contributed by atoms with Crippen molar-refractivity contribution in [2.24, 2.45) is 11.8 Å². The zero-order valence-electron chi connectivity index (χ0n) is 7.79. The molecule has 6 heteroatoms. The SMILES string of the molecule is FC(F)(F)c1nnc(C2[C@H]3CCC[C@@H]23)o1. The van der Waals surface area contributed by atoms with Gasteiger partial charge in [-0.3, -0.25) is 0 Å². The van der Waals surface area contributed by atoms with Crippen LogP contribution in [0, 0.1) is 11.8 Å². The number of aromatic nitrogens is 2. The average molecular weight is 218 g/mol. The van der Waals surface area contributed by atoms with Gasteiger partial charge < -0.3 is 4.42 Å². The third-order valence-corrected chi connectivity index (χ3v) is 3.37. The van der Waals surface area contributed by atoms with Crippen LogP contribution >= 0.6 is 0 Å². The molecule has 0 aromatic carbocycles. The Bertz CT molecular complexity index is 377. The number of rotatable bonds is 1. The Morgan fingerprint density at radius 1 is 1.13 bits per heavy atom. The van der Waals surface area contributed by atoms with E-state index in [1.54, 1.807) is 0 Å². The minimum absolute atomic E-state index is 0.0994. The lowest BCUT2D eigenvalue weighted by molar-refractivity contribution is -0.157. The monoisotopic (exact) mass is 218 g/mol. The van der Waals surface area contributed by atoms with Gasteiger partial charge in [0.25, 0.3) is 0 Å². The molecular formula is C9H9F3N2O. The number of nitrogens with zero attached hydrogens (tertiary/aromatic N) is 2. The molecule has 1 aromatic heterocycles. The van der Waals surface area contributed by atoms with E-state index in [2.05, 4.69) is 14.6 Å². The lowest BCUT2D eigenvalue weighted by atomic mass is 10.1. The second-order valence-electron chi connectivity index (χ2n) is 4.23. The predicted octanol–water partition coefficient (Wildman–Crippen LogP) is 2.60. The maximum absolute atomic E-state index is 12.2. The summed E-state index contributed by atoms with van der Waals surface area (Å²) in [5.74, 6) is 0.0416. The highest BCUT2D eigenvalue weighted by Crippen LogP contribution is 2.62. The molecule has 0 bridgehead atoms. The Morgan fingerprint density at radius 3 is 2.33 bits per heavy atom. The number of alkyl halides is 3. The average Bonchev–Trinajstić information content (AvgIpc) is 2.60. The van der Waals surface area contributed by atoms with Crippen LogP contribution in [0.1, 0.15) is 37.0 Å². The fourth-order valence-electron chi connectivity index (χ4n) is 2.67. The van der Waals surface area contributed by atoms with Crippen molar-refractivity contribution < 1.29 is 17.6 Å². The van der Waals surface area contributed by atoms with Crippen molar-refractivity contribution in [3.05, 3.63) is 11.8 Å². The van der Waals surface area contributed by atoms with Gasteiger partial charge in [-0.1, -0.05) is 6.42 Å². The van der Waals surface area contributed by atoms with Crippen molar-refractivity contribution in [2.75, 3.05) is 0 Å². The number of hydrogen-bond donors (Lipinski definition) is 0. The van der Waals surface area contributed by atoms with Crippen molar-refractivity contribution in [1.82, 2.24) is 10.2 Å². The van der Waals surface area contributed by atoms with Crippen LogP contribution in [0.5, 0.6) is 0 Å². The molecule has 1 aromatic rings. The zero-order chi connectivity index (χ0) is 10.6. The van der Waals surface area contributed by atoms with Crippen molar-refractivity contribution in [3.8, 4) is 0 Å². The van der Waals surface area contributed by atoms with E-state index in [1.165, 1.54) is 6.42 Å². The molecule has 3 atom stereocenters. The Labute approximate surface area is 83.7 Å². The molecule has 0 radical (unpaired) electrons. The van der Waals surface area contributed by atoms with Gasteiger partial charge in [0.15, 0.2) is 0 Å². The molecule has 3 rings (SSSR count).